The number of likely N-dealkylation sites (tertiary alicyclic amines) is 1. The van der Waals surface area contributed by atoms with Crippen molar-refractivity contribution in [3.8, 4) is 0 Å². The Labute approximate surface area is 149 Å². The number of carbonyl (C=O) groups excluding carboxylic acids is 2. The zero-order chi connectivity index (χ0) is 18.1. The monoisotopic (exact) mass is 353 g/mol. The molecule has 1 fully saturated rings. The summed E-state index contributed by atoms with van der Waals surface area (Å²) in [5.74, 6) is 0.0342. The van der Waals surface area contributed by atoms with E-state index in [1.165, 1.54) is 0 Å². The van der Waals surface area contributed by atoms with Crippen molar-refractivity contribution in [1.29, 1.82) is 0 Å². The molecule has 1 aliphatic rings. The number of anilines is 1. The number of nitrogens with two attached hydrogens (primary N) is 1. The topological polar surface area (TPSA) is 117 Å². The van der Waals surface area contributed by atoms with Crippen LogP contribution in [0.15, 0.2) is 35.0 Å². The van der Waals surface area contributed by atoms with E-state index in [0.29, 0.717) is 29.2 Å². The van der Waals surface area contributed by atoms with Gasteiger partial charge in [-0.25, -0.2) is 0 Å². The second-order valence-corrected chi connectivity index (χ2v) is 6.38. The lowest BCUT2D eigenvalue weighted by molar-refractivity contribution is 0.0787. The minimum Gasteiger partial charge on any atom is -0.380 e. The fraction of sp³-hybridized carbons (Fsp3) is 0.278. The number of aromatic nitrogens is 2. The summed E-state index contributed by atoms with van der Waals surface area (Å²) < 4.78 is 5.12. The number of rotatable bonds is 4. The molecule has 1 aliphatic heterocycles. The Bertz CT molecular complexity index is 968. The molecular formula is C18H19N5O3. The number of H-pyrrole nitrogens is 1. The van der Waals surface area contributed by atoms with Crippen LogP contribution in [0, 0.1) is 0 Å². The molecule has 0 aliphatic carbocycles. The number of carbonyl (C=O) groups is 2. The highest BCUT2D eigenvalue weighted by Gasteiger charge is 2.21. The van der Waals surface area contributed by atoms with Crippen molar-refractivity contribution in [1.82, 2.24) is 20.4 Å². The first kappa shape index (κ1) is 16.2. The maximum atomic E-state index is 12.3. The minimum absolute atomic E-state index is 0.0603. The number of nitrogen functional groups attached to an aromatic ring is 1. The fourth-order valence-corrected chi connectivity index (χ4v) is 3.14. The van der Waals surface area contributed by atoms with Crippen LogP contribution >= 0.6 is 0 Å². The smallest absolute Gasteiger partial charge is 0.270 e. The number of hydrogen-bond donors (Lipinski definition) is 3. The lowest BCUT2D eigenvalue weighted by Gasteiger charge is -2.13. The van der Waals surface area contributed by atoms with Crippen molar-refractivity contribution >= 4 is 28.6 Å². The van der Waals surface area contributed by atoms with Gasteiger partial charge in [-0.3, -0.25) is 9.59 Å². The summed E-state index contributed by atoms with van der Waals surface area (Å²) in [6, 6.07) is 7.05. The highest BCUT2D eigenvalue weighted by molar-refractivity contribution is 5.99. The molecule has 0 unspecified atom stereocenters. The predicted octanol–water partition coefficient (Wildman–Crippen LogP) is 1.90. The zero-order valence-corrected chi connectivity index (χ0v) is 14.1. The maximum Gasteiger partial charge on any atom is 0.270 e. The van der Waals surface area contributed by atoms with E-state index in [1.54, 1.807) is 23.2 Å². The molecule has 1 saturated heterocycles. The molecule has 0 bridgehead atoms. The average Bonchev–Trinajstić information content (AvgIpc) is 3.40. The first-order valence-electron chi connectivity index (χ1n) is 8.51. The van der Waals surface area contributed by atoms with Crippen molar-refractivity contribution in [3.05, 3.63) is 47.3 Å². The van der Waals surface area contributed by atoms with E-state index in [2.05, 4.69) is 15.5 Å². The summed E-state index contributed by atoms with van der Waals surface area (Å²) in [5.41, 5.74) is 8.00. The first-order chi connectivity index (χ1) is 12.6. The van der Waals surface area contributed by atoms with Crippen molar-refractivity contribution in [2.75, 3.05) is 18.8 Å². The van der Waals surface area contributed by atoms with E-state index in [-0.39, 0.29) is 11.8 Å². The summed E-state index contributed by atoms with van der Waals surface area (Å²) >= 11 is 0. The second-order valence-electron chi connectivity index (χ2n) is 6.38. The van der Waals surface area contributed by atoms with Gasteiger partial charge >= 0.3 is 0 Å². The largest absolute Gasteiger partial charge is 0.380 e. The van der Waals surface area contributed by atoms with Crippen LogP contribution in [0.2, 0.25) is 0 Å². The molecule has 4 N–H and O–H groups in total. The van der Waals surface area contributed by atoms with Crippen LogP contribution in [0.3, 0.4) is 0 Å². The van der Waals surface area contributed by atoms with E-state index in [0.717, 1.165) is 36.9 Å². The van der Waals surface area contributed by atoms with Crippen molar-refractivity contribution in [2.45, 2.75) is 19.4 Å². The Morgan fingerprint density at radius 2 is 2.08 bits per heavy atom. The van der Waals surface area contributed by atoms with E-state index in [9.17, 15) is 9.59 Å². The van der Waals surface area contributed by atoms with Gasteiger partial charge in [0.25, 0.3) is 11.8 Å². The molecular weight excluding hydrogens is 334 g/mol. The molecule has 3 aromatic rings. The third kappa shape index (κ3) is 3.01. The Morgan fingerprint density at radius 3 is 2.88 bits per heavy atom. The maximum absolute atomic E-state index is 12.3. The summed E-state index contributed by atoms with van der Waals surface area (Å²) in [5, 5.41) is 7.28. The lowest BCUT2D eigenvalue weighted by atomic mass is 10.1. The summed E-state index contributed by atoms with van der Waals surface area (Å²) in [7, 11) is 0. The number of nitrogens with one attached hydrogen (secondary N) is 2. The molecule has 0 saturated carbocycles. The van der Waals surface area contributed by atoms with Crippen LogP contribution in [0.25, 0.3) is 11.0 Å². The van der Waals surface area contributed by atoms with Gasteiger partial charge < -0.3 is 25.5 Å². The molecule has 0 atom stereocenters. The van der Waals surface area contributed by atoms with E-state index in [4.69, 9.17) is 10.3 Å². The average molecular weight is 353 g/mol. The molecule has 4 rings (SSSR count). The first-order valence-corrected chi connectivity index (χ1v) is 8.51. The van der Waals surface area contributed by atoms with Gasteiger partial charge in [0.15, 0.2) is 11.4 Å². The van der Waals surface area contributed by atoms with E-state index >= 15 is 0 Å². The van der Waals surface area contributed by atoms with Crippen LogP contribution in [0.4, 0.5) is 5.82 Å². The van der Waals surface area contributed by atoms with Gasteiger partial charge in [-0.2, -0.15) is 0 Å². The fourth-order valence-electron chi connectivity index (χ4n) is 3.14. The molecule has 2 amide bonds. The van der Waals surface area contributed by atoms with Crippen molar-refractivity contribution < 1.29 is 14.1 Å². The summed E-state index contributed by atoms with van der Waals surface area (Å²) in [6.45, 7) is 1.87. The summed E-state index contributed by atoms with van der Waals surface area (Å²) in [4.78, 5) is 29.4. The number of nitrogens with zero attached hydrogens (tertiary/aromatic N) is 2. The predicted molar refractivity (Wildman–Crippen MR) is 95.5 cm³/mol. The number of fused-ring (bicyclic) bond motifs is 1. The quantitative estimate of drug-likeness (QED) is 0.662. The normalized spacial score (nSPS) is 14.1. The molecule has 8 nitrogen and oxygen atoms in total. The van der Waals surface area contributed by atoms with Gasteiger partial charge in [-0.15, -0.1) is 0 Å². The Hall–Kier alpha value is -3.29. The number of amides is 2. The lowest BCUT2D eigenvalue weighted by Crippen LogP contribution is -2.27. The van der Waals surface area contributed by atoms with E-state index in [1.807, 2.05) is 12.1 Å². The molecule has 2 aromatic heterocycles. The molecule has 134 valence electrons. The number of hydrogen-bond acceptors (Lipinski definition) is 5. The molecule has 8 heteroatoms. The van der Waals surface area contributed by atoms with Crippen LogP contribution in [0.5, 0.6) is 0 Å². The standard InChI is InChI=1S/C18H19N5O3/c19-16-13-4-3-11(7-15(13)26-22-16)9-21-17(24)12-8-14(20-10-12)18(25)23-5-1-2-6-23/h3-4,7-8,10,20H,1-2,5-6,9H2,(H2,19,22)(H,21,24). The minimum atomic E-state index is -0.251. The van der Waals surface area contributed by atoms with Gasteiger partial charge in [0.1, 0.15) is 5.69 Å². The van der Waals surface area contributed by atoms with Crippen LogP contribution in [-0.4, -0.2) is 39.9 Å². The molecule has 3 heterocycles. The Kier molecular flexibility index (Phi) is 4.08. The van der Waals surface area contributed by atoms with Gasteiger partial charge in [-0.05, 0) is 36.6 Å². The van der Waals surface area contributed by atoms with Crippen molar-refractivity contribution in [3.63, 3.8) is 0 Å². The van der Waals surface area contributed by atoms with Crippen LogP contribution in [-0.2, 0) is 6.54 Å². The van der Waals surface area contributed by atoms with Gasteiger partial charge in [0.05, 0.1) is 10.9 Å². The number of benzene rings is 1. The second kappa shape index (κ2) is 6.55. The third-order valence-corrected chi connectivity index (χ3v) is 4.59. The molecule has 0 spiro atoms. The highest BCUT2D eigenvalue weighted by Crippen LogP contribution is 2.21. The molecule has 1 aromatic carbocycles. The summed E-state index contributed by atoms with van der Waals surface area (Å²) in [6.07, 6.45) is 3.61. The molecule has 0 radical (unpaired) electrons. The number of aromatic amines is 1. The van der Waals surface area contributed by atoms with Gasteiger partial charge in [0, 0.05) is 25.8 Å². The Morgan fingerprint density at radius 1 is 1.27 bits per heavy atom. The van der Waals surface area contributed by atoms with Crippen molar-refractivity contribution in [2.24, 2.45) is 0 Å². The molecule has 26 heavy (non-hydrogen) atoms. The van der Waals surface area contributed by atoms with Crippen LogP contribution < -0.4 is 11.1 Å². The zero-order valence-electron chi connectivity index (χ0n) is 14.1. The van der Waals surface area contributed by atoms with Gasteiger partial charge in [-0.1, -0.05) is 11.2 Å². The van der Waals surface area contributed by atoms with E-state index < -0.39 is 0 Å². The van der Waals surface area contributed by atoms with Gasteiger partial charge in [0.2, 0.25) is 0 Å². The van der Waals surface area contributed by atoms with Crippen LogP contribution in [0.1, 0.15) is 39.3 Å². The Balaban J connectivity index is 1.40. The highest BCUT2D eigenvalue weighted by atomic mass is 16.5. The SMILES string of the molecule is Nc1noc2cc(CNC(=O)c3c[nH]c(C(=O)N4CCCC4)c3)ccc12. The third-order valence-electron chi connectivity index (χ3n) is 4.59.